The lowest BCUT2D eigenvalue weighted by Crippen LogP contribution is -2.38. The molecule has 160 valence electrons. The highest BCUT2D eigenvalue weighted by molar-refractivity contribution is 6.03. The molecule has 0 heterocycles. The molecule has 2 bridgehead atoms. The molecule has 0 radical (unpaired) electrons. The highest BCUT2D eigenvalue weighted by Crippen LogP contribution is 2.66. The van der Waals surface area contributed by atoms with E-state index >= 15 is 0 Å². The van der Waals surface area contributed by atoms with Gasteiger partial charge in [0.1, 0.15) is 6.10 Å². The minimum Gasteiger partial charge on any atom is -0.458 e. The van der Waals surface area contributed by atoms with Gasteiger partial charge in [-0.15, -0.1) is 0 Å². The van der Waals surface area contributed by atoms with E-state index in [0.717, 1.165) is 19.3 Å². The second-order valence-corrected chi connectivity index (χ2v) is 8.69. The Labute approximate surface area is 166 Å². The van der Waals surface area contributed by atoms with Crippen molar-refractivity contribution in [1.82, 2.24) is 0 Å². The molecule has 3 rings (SSSR count). The van der Waals surface area contributed by atoms with Crippen LogP contribution in [-0.2, 0) is 9.47 Å². The number of ether oxygens (including phenoxy) is 2. The zero-order valence-electron chi connectivity index (χ0n) is 16.5. The first-order chi connectivity index (χ1) is 13.4. The smallest absolute Gasteiger partial charge is 0.340 e. The standard InChI is InChI=1S/C21H24F4O4/c1-19(2)12-8-9-20(19,3)15(10-12)29-17(27)14-7-5-4-6-13(14)16(26)28-11-21(24,25)18(22)23/h4-7,12,15,18H,8-11H2,1-3H3/t12-,15+,20+/m0/s1. The van der Waals surface area contributed by atoms with E-state index in [9.17, 15) is 27.2 Å². The molecule has 0 aliphatic heterocycles. The fraction of sp³-hybridized carbons (Fsp3) is 0.619. The van der Waals surface area contributed by atoms with E-state index in [1.54, 1.807) is 0 Å². The Morgan fingerprint density at radius 2 is 1.72 bits per heavy atom. The number of halogens is 4. The van der Waals surface area contributed by atoms with Gasteiger partial charge in [0.15, 0.2) is 6.61 Å². The third kappa shape index (κ3) is 3.62. The van der Waals surface area contributed by atoms with Crippen LogP contribution in [-0.4, -0.2) is 37.0 Å². The van der Waals surface area contributed by atoms with Crippen molar-refractivity contribution in [2.45, 2.75) is 58.5 Å². The molecule has 0 aromatic heterocycles. The first-order valence-corrected chi connectivity index (χ1v) is 9.53. The van der Waals surface area contributed by atoms with Gasteiger partial charge in [0, 0.05) is 5.41 Å². The Morgan fingerprint density at radius 3 is 2.21 bits per heavy atom. The van der Waals surface area contributed by atoms with Crippen LogP contribution in [0, 0.1) is 16.7 Å². The van der Waals surface area contributed by atoms with Crippen molar-refractivity contribution in [1.29, 1.82) is 0 Å². The van der Waals surface area contributed by atoms with Crippen molar-refractivity contribution in [2.24, 2.45) is 16.7 Å². The normalized spacial score (nSPS) is 27.9. The Kier molecular flexibility index (Phi) is 5.43. The number of carbonyl (C=O) groups is 2. The highest BCUT2D eigenvalue weighted by atomic mass is 19.3. The fourth-order valence-electron chi connectivity index (χ4n) is 4.64. The Hall–Kier alpha value is -2.12. The monoisotopic (exact) mass is 416 g/mol. The quantitative estimate of drug-likeness (QED) is 0.477. The molecule has 0 amide bonds. The number of fused-ring (bicyclic) bond motifs is 2. The summed E-state index contributed by atoms with van der Waals surface area (Å²) in [5.41, 5.74) is -0.614. The highest BCUT2D eigenvalue weighted by Gasteiger charge is 2.63. The van der Waals surface area contributed by atoms with Crippen molar-refractivity contribution in [3.05, 3.63) is 35.4 Å². The van der Waals surface area contributed by atoms with Crippen LogP contribution in [0.1, 0.15) is 60.7 Å². The van der Waals surface area contributed by atoms with Crippen LogP contribution in [0.25, 0.3) is 0 Å². The van der Waals surface area contributed by atoms with Gasteiger partial charge in [-0.3, -0.25) is 0 Å². The van der Waals surface area contributed by atoms with Gasteiger partial charge in [-0.05, 0) is 42.7 Å². The summed E-state index contributed by atoms with van der Waals surface area (Å²) < 4.78 is 60.7. The summed E-state index contributed by atoms with van der Waals surface area (Å²) in [5.74, 6) is -6.07. The van der Waals surface area contributed by atoms with Crippen LogP contribution >= 0.6 is 0 Å². The number of hydrogen-bond donors (Lipinski definition) is 0. The minimum atomic E-state index is -4.46. The van der Waals surface area contributed by atoms with E-state index in [-0.39, 0.29) is 28.1 Å². The predicted octanol–water partition coefficient (Wildman–Crippen LogP) is 5.12. The van der Waals surface area contributed by atoms with Gasteiger partial charge in [0.05, 0.1) is 11.1 Å². The molecule has 0 saturated heterocycles. The lowest BCUT2D eigenvalue weighted by molar-refractivity contribution is -0.155. The molecule has 1 aromatic carbocycles. The Bertz CT molecular complexity index is 808. The van der Waals surface area contributed by atoms with Gasteiger partial charge in [-0.2, -0.15) is 8.78 Å². The second kappa shape index (κ2) is 7.29. The molecule has 8 heteroatoms. The molecule has 2 saturated carbocycles. The van der Waals surface area contributed by atoms with Crippen molar-refractivity contribution in [3.63, 3.8) is 0 Å². The zero-order chi connectivity index (χ0) is 21.6. The van der Waals surface area contributed by atoms with Gasteiger partial charge in [-0.1, -0.05) is 32.9 Å². The molecule has 29 heavy (non-hydrogen) atoms. The molecule has 1 aromatic rings. The maximum Gasteiger partial charge on any atom is 0.340 e. The molecule has 2 fully saturated rings. The summed E-state index contributed by atoms with van der Waals surface area (Å²) in [4.78, 5) is 24.9. The number of hydrogen-bond acceptors (Lipinski definition) is 4. The molecule has 0 spiro atoms. The van der Waals surface area contributed by atoms with E-state index in [0.29, 0.717) is 5.92 Å². The molecule has 0 unspecified atom stereocenters. The molecule has 2 aliphatic carbocycles. The number of benzene rings is 1. The predicted molar refractivity (Wildman–Crippen MR) is 96.1 cm³/mol. The molecule has 4 nitrogen and oxygen atoms in total. The maximum atomic E-state index is 13.0. The maximum absolute atomic E-state index is 13.0. The number of carbonyl (C=O) groups excluding carboxylic acids is 2. The lowest BCUT2D eigenvalue weighted by Gasteiger charge is -2.38. The third-order valence-corrected chi connectivity index (χ3v) is 7.05. The van der Waals surface area contributed by atoms with Crippen molar-refractivity contribution >= 4 is 11.9 Å². The molecule has 3 atom stereocenters. The zero-order valence-corrected chi connectivity index (χ0v) is 16.5. The number of rotatable bonds is 6. The number of esters is 2. The van der Waals surface area contributed by atoms with Crippen LogP contribution in [0.3, 0.4) is 0 Å². The summed E-state index contributed by atoms with van der Waals surface area (Å²) in [6, 6.07) is 5.45. The summed E-state index contributed by atoms with van der Waals surface area (Å²) in [5, 5.41) is 0. The minimum absolute atomic E-state index is 0.0112. The van der Waals surface area contributed by atoms with Gasteiger partial charge >= 0.3 is 24.3 Å². The van der Waals surface area contributed by atoms with Gasteiger partial charge in [-0.25, -0.2) is 18.4 Å². The average Bonchev–Trinajstić information content (AvgIpc) is 2.99. The Morgan fingerprint density at radius 1 is 1.14 bits per heavy atom. The second-order valence-electron chi connectivity index (χ2n) is 8.69. The molecular formula is C21H24F4O4. The lowest BCUT2D eigenvalue weighted by atomic mass is 9.70. The Balaban J connectivity index is 1.74. The molecule has 2 aliphatic rings. The first-order valence-electron chi connectivity index (χ1n) is 9.53. The van der Waals surface area contributed by atoms with E-state index in [1.807, 2.05) is 0 Å². The third-order valence-electron chi connectivity index (χ3n) is 7.05. The van der Waals surface area contributed by atoms with Crippen molar-refractivity contribution < 1.29 is 36.6 Å². The molecule has 0 N–H and O–H groups in total. The SMILES string of the molecule is CC1(C)[C@H]2CC[C@]1(C)[C@H](OC(=O)c1ccccc1C(=O)OCC(F)(F)C(F)F)C2. The van der Waals surface area contributed by atoms with Gasteiger partial charge in [0.25, 0.3) is 0 Å². The van der Waals surface area contributed by atoms with E-state index in [2.05, 4.69) is 25.5 Å². The largest absolute Gasteiger partial charge is 0.458 e. The fourth-order valence-corrected chi connectivity index (χ4v) is 4.64. The number of alkyl halides is 4. The van der Waals surface area contributed by atoms with Crippen LogP contribution < -0.4 is 0 Å². The van der Waals surface area contributed by atoms with E-state index in [4.69, 9.17) is 4.74 Å². The van der Waals surface area contributed by atoms with Crippen LogP contribution in [0.2, 0.25) is 0 Å². The van der Waals surface area contributed by atoms with Gasteiger partial charge in [0.2, 0.25) is 0 Å². The average molecular weight is 416 g/mol. The summed E-state index contributed by atoms with van der Waals surface area (Å²) in [7, 11) is 0. The van der Waals surface area contributed by atoms with Crippen molar-refractivity contribution in [2.75, 3.05) is 6.61 Å². The first kappa shape index (κ1) is 21.6. The van der Waals surface area contributed by atoms with Crippen LogP contribution in [0.5, 0.6) is 0 Å². The topological polar surface area (TPSA) is 52.6 Å². The summed E-state index contributed by atoms with van der Waals surface area (Å²) in [6.07, 6.45) is -1.57. The summed E-state index contributed by atoms with van der Waals surface area (Å²) >= 11 is 0. The van der Waals surface area contributed by atoms with Gasteiger partial charge < -0.3 is 9.47 Å². The van der Waals surface area contributed by atoms with E-state index in [1.165, 1.54) is 24.3 Å². The van der Waals surface area contributed by atoms with Crippen LogP contribution in [0.15, 0.2) is 24.3 Å². The summed E-state index contributed by atoms with van der Waals surface area (Å²) in [6.45, 7) is 4.63. The van der Waals surface area contributed by atoms with Crippen molar-refractivity contribution in [3.8, 4) is 0 Å². The van der Waals surface area contributed by atoms with E-state index < -0.39 is 30.9 Å². The molecular weight excluding hydrogens is 392 g/mol. The van der Waals surface area contributed by atoms with Crippen LogP contribution in [0.4, 0.5) is 17.6 Å².